The summed E-state index contributed by atoms with van der Waals surface area (Å²) in [6.45, 7) is 2.21. The monoisotopic (exact) mass is 388 g/mol. The maximum Gasteiger partial charge on any atom is 0.336 e. The second kappa shape index (κ2) is 8.43. The molecule has 148 valence electrons. The summed E-state index contributed by atoms with van der Waals surface area (Å²) in [4.78, 5) is 29.7. The first kappa shape index (κ1) is 19.1. The van der Waals surface area contributed by atoms with Crippen LogP contribution < -0.4 is 5.32 Å². The van der Waals surface area contributed by atoms with Gasteiger partial charge in [-0.05, 0) is 43.4 Å². The number of hydrogen-bond donors (Lipinski definition) is 1. The molecule has 0 saturated heterocycles. The Labute approximate surface area is 170 Å². The number of Topliss-reactive ketones (excluding diaryl/α,β-unsaturated/α-hetero) is 1. The standard InChI is InChI=1S/C24H24N2O3/c1-16-21(24(28)29-14-6-8-17-7-5-13-25-15-17)22(18-9-3-2-4-10-18)23-19(26-16)11-12-20(23)27/h2-5,7,9-10,13,15,22,26H,6,8,11-12,14H2,1H3. The number of aryl methyl sites for hydroxylation is 1. The number of allylic oxidation sites excluding steroid dienone is 3. The fourth-order valence-corrected chi connectivity index (χ4v) is 4.11. The van der Waals surface area contributed by atoms with Gasteiger partial charge in [0.25, 0.3) is 0 Å². The van der Waals surface area contributed by atoms with Gasteiger partial charge in [0, 0.05) is 41.7 Å². The lowest BCUT2D eigenvalue weighted by atomic mass is 9.80. The summed E-state index contributed by atoms with van der Waals surface area (Å²) in [6.07, 6.45) is 6.27. The zero-order valence-corrected chi connectivity index (χ0v) is 16.5. The van der Waals surface area contributed by atoms with Gasteiger partial charge in [0.2, 0.25) is 0 Å². The number of dihydropyridines is 1. The molecule has 1 N–H and O–H groups in total. The van der Waals surface area contributed by atoms with Crippen LogP contribution in [0, 0.1) is 0 Å². The van der Waals surface area contributed by atoms with Crippen LogP contribution in [0.5, 0.6) is 0 Å². The zero-order chi connectivity index (χ0) is 20.2. The molecular weight excluding hydrogens is 364 g/mol. The van der Waals surface area contributed by atoms with Crippen molar-refractivity contribution in [3.63, 3.8) is 0 Å². The highest BCUT2D eigenvalue weighted by molar-refractivity contribution is 6.05. The molecule has 0 bridgehead atoms. The Kier molecular flexibility index (Phi) is 5.56. The summed E-state index contributed by atoms with van der Waals surface area (Å²) < 4.78 is 5.62. The summed E-state index contributed by atoms with van der Waals surface area (Å²) in [5.74, 6) is -0.620. The molecule has 0 fully saturated rings. The number of nitrogens with zero attached hydrogens (tertiary/aromatic N) is 1. The maximum absolute atomic E-state index is 13.0. The number of esters is 1. The summed E-state index contributed by atoms with van der Waals surface area (Å²) in [5.41, 5.74) is 5.01. The summed E-state index contributed by atoms with van der Waals surface area (Å²) in [6, 6.07) is 13.6. The van der Waals surface area contributed by atoms with Gasteiger partial charge in [0.15, 0.2) is 5.78 Å². The van der Waals surface area contributed by atoms with Crippen molar-refractivity contribution in [2.24, 2.45) is 0 Å². The lowest BCUT2D eigenvalue weighted by Crippen LogP contribution is -2.30. The molecule has 1 aromatic heterocycles. The van der Waals surface area contributed by atoms with E-state index in [1.165, 1.54) is 0 Å². The lowest BCUT2D eigenvalue weighted by Gasteiger charge is -2.29. The number of pyridine rings is 1. The quantitative estimate of drug-likeness (QED) is 0.602. The highest BCUT2D eigenvalue weighted by Gasteiger charge is 2.40. The van der Waals surface area contributed by atoms with Crippen molar-refractivity contribution in [1.82, 2.24) is 10.3 Å². The number of nitrogens with one attached hydrogen (secondary N) is 1. The van der Waals surface area contributed by atoms with Crippen molar-refractivity contribution < 1.29 is 14.3 Å². The van der Waals surface area contributed by atoms with Crippen LogP contribution in [0.1, 0.15) is 43.2 Å². The highest BCUT2D eigenvalue weighted by Crippen LogP contribution is 2.43. The van der Waals surface area contributed by atoms with E-state index in [1.54, 1.807) is 6.20 Å². The number of rotatable bonds is 6. The van der Waals surface area contributed by atoms with Gasteiger partial charge in [-0.1, -0.05) is 36.4 Å². The van der Waals surface area contributed by atoms with Gasteiger partial charge in [-0.15, -0.1) is 0 Å². The molecule has 0 radical (unpaired) electrons. The fraction of sp³-hybridized carbons (Fsp3) is 0.292. The molecule has 2 heterocycles. The third kappa shape index (κ3) is 3.99. The van der Waals surface area contributed by atoms with Gasteiger partial charge in [-0.25, -0.2) is 4.79 Å². The second-order valence-electron chi connectivity index (χ2n) is 7.42. The summed E-state index contributed by atoms with van der Waals surface area (Å²) >= 11 is 0. The smallest absolute Gasteiger partial charge is 0.336 e. The highest BCUT2D eigenvalue weighted by atomic mass is 16.5. The van der Waals surface area contributed by atoms with E-state index in [9.17, 15) is 9.59 Å². The number of ether oxygens (including phenoxy) is 1. The maximum atomic E-state index is 13.0. The number of hydrogen-bond acceptors (Lipinski definition) is 5. The van der Waals surface area contributed by atoms with Gasteiger partial charge < -0.3 is 10.1 Å². The van der Waals surface area contributed by atoms with Gasteiger partial charge in [0.1, 0.15) is 0 Å². The first-order chi connectivity index (χ1) is 14.1. The van der Waals surface area contributed by atoms with Crippen LogP contribution in [0.3, 0.4) is 0 Å². The number of benzene rings is 1. The van der Waals surface area contributed by atoms with Gasteiger partial charge in [-0.2, -0.15) is 0 Å². The molecular formula is C24H24N2O3. The van der Waals surface area contributed by atoms with Crippen LogP contribution in [0.2, 0.25) is 0 Å². The van der Waals surface area contributed by atoms with E-state index in [0.29, 0.717) is 30.6 Å². The minimum Gasteiger partial charge on any atom is -0.462 e. The largest absolute Gasteiger partial charge is 0.462 e. The first-order valence-corrected chi connectivity index (χ1v) is 10.00. The number of ketones is 1. The van der Waals surface area contributed by atoms with E-state index in [0.717, 1.165) is 35.4 Å². The van der Waals surface area contributed by atoms with E-state index in [-0.39, 0.29) is 17.7 Å². The average Bonchev–Trinajstić information content (AvgIpc) is 3.11. The van der Waals surface area contributed by atoms with Crippen LogP contribution in [-0.2, 0) is 20.7 Å². The number of carbonyl (C=O) groups is 2. The Morgan fingerprint density at radius 1 is 1.17 bits per heavy atom. The molecule has 5 heteroatoms. The molecule has 2 aliphatic rings. The molecule has 5 nitrogen and oxygen atoms in total. The molecule has 1 aliphatic carbocycles. The van der Waals surface area contributed by atoms with Gasteiger partial charge in [-0.3, -0.25) is 9.78 Å². The Balaban J connectivity index is 1.51. The van der Waals surface area contributed by atoms with Crippen LogP contribution >= 0.6 is 0 Å². The van der Waals surface area contributed by atoms with E-state index in [4.69, 9.17) is 4.74 Å². The van der Waals surface area contributed by atoms with Gasteiger partial charge in [0.05, 0.1) is 12.2 Å². The van der Waals surface area contributed by atoms with E-state index < -0.39 is 0 Å². The SMILES string of the molecule is CC1=C(C(=O)OCCCc2cccnc2)C(c2ccccc2)C2=C(CCC2=O)N1. The van der Waals surface area contributed by atoms with E-state index in [1.807, 2.05) is 55.6 Å². The van der Waals surface area contributed by atoms with Crippen LogP contribution in [0.15, 0.2) is 77.4 Å². The van der Waals surface area contributed by atoms with Crippen LogP contribution in [0.25, 0.3) is 0 Å². The fourth-order valence-electron chi connectivity index (χ4n) is 4.11. The van der Waals surface area contributed by atoms with Crippen molar-refractivity contribution in [2.45, 2.75) is 38.5 Å². The Hall–Kier alpha value is -3.21. The normalized spacial score (nSPS) is 18.5. The Morgan fingerprint density at radius 2 is 2.00 bits per heavy atom. The van der Waals surface area contributed by atoms with Crippen molar-refractivity contribution in [2.75, 3.05) is 6.61 Å². The second-order valence-corrected chi connectivity index (χ2v) is 7.42. The first-order valence-electron chi connectivity index (χ1n) is 10.00. The third-order valence-corrected chi connectivity index (χ3v) is 5.47. The molecule has 0 spiro atoms. The average molecular weight is 388 g/mol. The van der Waals surface area contributed by atoms with Crippen molar-refractivity contribution in [3.8, 4) is 0 Å². The molecule has 2 aromatic rings. The molecule has 1 atom stereocenters. The van der Waals surface area contributed by atoms with Crippen molar-refractivity contribution >= 4 is 11.8 Å². The number of aromatic nitrogens is 1. The predicted molar refractivity (Wildman–Crippen MR) is 110 cm³/mol. The van der Waals surface area contributed by atoms with Crippen molar-refractivity contribution in [3.05, 3.63) is 88.5 Å². The predicted octanol–water partition coefficient (Wildman–Crippen LogP) is 3.84. The van der Waals surface area contributed by atoms with Crippen molar-refractivity contribution in [1.29, 1.82) is 0 Å². The summed E-state index contributed by atoms with van der Waals surface area (Å²) in [5, 5.41) is 3.29. The molecule has 1 aliphatic heterocycles. The lowest BCUT2D eigenvalue weighted by molar-refractivity contribution is -0.139. The zero-order valence-electron chi connectivity index (χ0n) is 16.5. The number of carbonyl (C=O) groups excluding carboxylic acids is 2. The minimum absolute atomic E-state index is 0.107. The molecule has 1 unspecified atom stereocenters. The molecule has 1 aromatic carbocycles. The summed E-state index contributed by atoms with van der Waals surface area (Å²) in [7, 11) is 0. The minimum atomic E-state index is -0.367. The Morgan fingerprint density at radius 3 is 2.76 bits per heavy atom. The molecule has 0 amide bonds. The molecule has 29 heavy (non-hydrogen) atoms. The third-order valence-electron chi connectivity index (χ3n) is 5.47. The van der Waals surface area contributed by atoms with Crippen LogP contribution in [-0.4, -0.2) is 23.3 Å². The van der Waals surface area contributed by atoms with E-state index in [2.05, 4.69) is 10.3 Å². The molecule has 4 rings (SSSR count). The van der Waals surface area contributed by atoms with Crippen LogP contribution in [0.4, 0.5) is 0 Å². The van der Waals surface area contributed by atoms with Gasteiger partial charge >= 0.3 is 5.97 Å². The van der Waals surface area contributed by atoms with E-state index >= 15 is 0 Å². The Bertz CT molecular complexity index is 978. The molecule has 0 saturated carbocycles. The topological polar surface area (TPSA) is 68.3 Å².